The molecule has 0 saturated carbocycles. The summed E-state index contributed by atoms with van der Waals surface area (Å²) in [5.41, 5.74) is 7.59. The second-order valence-corrected chi connectivity index (χ2v) is 6.16. The molecule has 20 heavy (non-hydrogen) atoms. The number of hydrogen-bond donors (Lipinski definition) is 2. The number of rotatable bonds is 3. The number of nitrogen functional groups attached to an aromatic ring is 1. The highest BCUT2D eigenvalue weighted by atomic mass is 15.2. The van der Waals surface area contributed by atoms with Crippen LogP contribution in [-0.2, 0) is 0 Å². The van der Waals surface area contributed by atoms with Gasteiger partial charge in [-0.15, -0.1) is 0 Å². The molecule has 3 N–H and O–H groups in total. The first-order chi connectivity index (χ1) is 9.50. The largest absolute Gasteiger partial charge is 0.384 e. The number of nitrogens with two attached hydrogens (primary N) is 1. The van der Waals surface area contributed by atoms with Gasteiger partial charge in [-0.1, -0.05) is 13.8 Å². The number of nitrogens with one attached hydrogen (secondary N) is 1. The Hall–Kier alpha value is -1.58. The average Bonchev–Trinajstić information content (AvgIpc) is 2.63. The molecule has 1 aromatic heterocycles. The van der Waals surface area contributed by atoms with E-state index in [0.717, 1.165) is 41.9 Å². The van der Waals surface area contributed by atoms with Crippen LogP contribution < -0.4 is 10.6 Å². The van der Waals surface area contributed by atoms with Gasteiger partial charge in [-0.05, 0) is 49.7 Å². The Morgan fingerprint density at radius 2 is 2.15 bits per heavy atom. The van der Waals surface area contributed by atoms with Gasteiger partial charge in [0.25, 0.3) is 0 Å². The number of hydrogen-bond acceptors (Lipinski definition) is 3. The minimum atomic E-state index is 0.121. The molecular weight excluding hydrogens is 248 g/mol. The number of nitrogens with zero attached hydrogens (tertiary/aromatic N) is 2. The summed E-state index contributed by atoms with van der Waals surface area (Å²) in [6.07, 6.45) is 5.50. The second-order valence-electron chi connectivity index (χ2n) is 6.16. The SMILES string of the molecule is Cc1ccnc(N2CCCC(C(C)C)CC2)c1C(=N)N. The fourth-order valence-electron chi connectivity index (χ4n) is 3.12. The van der Waals surface area contributed by atoms with E-state index >= 15 is 0 Å². The van der Waals surface area contributed by atoms with E-state index in [-0.39, 0.29) is 5.84 Å². The van der Waals surface area contributed by atoms with Crippen LogP contribution in [0.2, 0.25) is 0 Å². The lowest BCUT2D eigenvalue weighted by Crippen LogP contribution is -2.29. The van der Waals surface area contributed by atoms with E-state index in [4.69, 9.17) is 11.1 Å². The molecule has 1 unspecified atom stereocenters. The van der Waals surface area contributed by atoms with Crippen LogP contribution in [0.3, 0.4) is 0 Å². The summed E-state index contributed by atoms with van der Waals surface area (Å²) in [6.45, 7) is 8.65. The van der Waals surface area contributed by atoms with Crippen molar-refractivity contribution in [3.05, 3.63) is 23.4 Å². The van der Waals surface area contributed by atoms with Crippen molar-refractivity contribution < 1.29 is 0 Å². The molecule has 0 bridgehead atoms. The fraction of sp³-hybridized carbons (Fsp3) is 0.625. The van der Waals surface area contributed by atoms with Crippen molar-refractivity contribution in [2.75, 3.05) is 18.0 Å². The Balaban J connectivity index is 2.24. The third kappa shape index (κ3) is 3.11. The molecule has 4 nitrogen and oxygen atoms in total. The molecule has 1 atom stereocenters. The lowest BCUT2D eigenvalue weighted by Gasteiger charge is -2.25. The molecule has 0 aliphatic carbocycles. The Kier molecular flexibility index (Phi) is 4.63. The Morgan fingerprint density at radius 3 is 2.80 bits per heavy atom. The summed E-state index contributed by atoms with van der Waals surface area (Å²) in [5, 5.41) is 7.81. The Morgan fingerprint density at radius 1 is 1.40 bits per heavy atom. The second kappa shape index (κ2) is 6.25. The fourth-order valence-corrected chi connectivity index (χ4v) is 3.12. The van der Waals surface area contributed by atoms with Gasteiger partial charge < -0.3 is 10.6 Å². The third-order valence-corrected chi connectivity index (χ3v) is 4.42. The number of aromatic nitrogens is 1. The minimum Gasteiger partial charge on any atom is -0.384 e. The first kappa shape index (κ1) is 14.8. The van der Waals surface area contributed by atoms with E-state index < -0.39 is 0 Å². The number of amidine groups is 1. The molecule has 1 aliphatic heterocycles. The first-order valence-electron chi connectivity index (χ1n) is 7.55. The molecule has 2 rings (SSSR count). The lowest BCUT2D eigenvalue weighted by molar-refractivity contribution is 0.351. The summed E-state index contributed by atoms with van der Waals surface area (Å²) < 4.78 is 0. The normalized spacial score (nSPS) is 20.0. The van der Waals surface area contributed by atoms with E-state index in [1.54, 1.807) is 0 Å². The molecule has 1 aromatic rings. The van der Waals surface area contributed by atoms with Crippen LogP contribution in [0.4, 0.5) is 5.82 Å². The first-order valence-corrected chi connectivity index (χ1v) is 7.55. The lowest BCUT2D eigenvalue weighted by atomic mass is 9.89. The minimum absolute atomic E-state index is 0.121. The zero-order valence-electron chi connectivity index (χ0n) is 12.8. The highest BCUT2D eigenvalue weighted by molar-refractivity contribution is 6.01. The van der Waals surface area contributed by atoms with Gasteiger partial charge in [0.15, 0.2) is 0 Å². The number of pyridine rings is 1. The average molecular weight is 274 g/mol. The summed E-state index contributed by atoms with van der Waals surface area (Å²) in [7, 11) is 0. The molecule has 1 fully saturated rings. The summed E-state index contributed by atoms with van der Waals surface area (Å²) >= 11 is 0. The van der Waals surface area contributed by atoms with E-state index in [0.29, 0.717) is 0 Å². The molecule has 1 saturated heterocycles. The maximum Gasteiger partial charge on any atom is 0.139 e. The monoisotopic (exact) mass is 274 g/mol. The molecule has 0 amide bonds. The molecule has 0 aromatic carbocycles. The van der Waals surface area contributed by atoms with Crippen LogP contribution in [-0.4, -0.2) is 23.9 Å². The predicted octanol–water partition coefficient (Wildman–Crippen LogP) is 2.94. The van der Waals surface area contributed by atoms with Gasteiger partial charge in [-0.25, -0.2) is 4.98 Å². The Bertz CT molecular complexity index is 481. The van der Waals surface area contributed by atoms with Gasteiger partial charge in [0, 0.05) is 19.3 Å². The van der Waals surface area contributed by atoms with Crippen molar-refractivity contribution in [3.63, 3.8) is 0 Å². The van der Waals surface area contributed by atoms with Crippen LogP contribution in [0.5, 0.6) is 0 Å². The molecule has 1 aliphatic rings. The van der Waals surface area contributed by atoms with Gasteiger partial charge in [0.05, 0.1) is 5.56 Å². The van der Waals surface area contributed by atoms with Gasteiger partial charge in [-0.3, -0.25) is 5.41 Å². The highest BCUT2D eigenvalue weighted by Crippen LogP contribution is 2.28. The van der Waals surface area contributed by atoms with E-state index in [9.17, 15) is 0 Å². The summed E-state index contributed by atoms with van der Waals surface area (Å²) in [4.78, 5) is 6.81. The van der Waals surface area contributed by atoms with E-state index in [1.165, 1.54) is 19.3 Å². The van der Waals surface area contributed by atoms with Gasteiger partial charge in [-0.2, -0.15) is 0 Å². The zero-order valence-corrected chi connectivity index (χ0v) is 12.8. The Labute approximate surface area is 121 Å². The molecule has 4 heteroatoms. The molecular formula is C16H26N4. The van der Waals surface area contributed by atoms with Crippen molar-refractivity contribution >= 4 is 11.7 Å². The van der Waals surface area contributed by atoms with Crippen LogP contribution in [0.1, 0.15) is 44.2 Å². The van der Waals surface area contributed by atoms with E-state index in [2.05, 4.69) is 23.7 Å². The third-order valence-electron chi connectivity index (χ3n) is 4.42. The maximum absolute atomic E-state index is 7.81. The summed E-state index contributed by atoms with van der Waals surface area (Å²) in [5.74, 6) is 2.55. The molecule has 0 spiro atoms. The van der Waals surface area contributed by atoms with Crippen molar-refractivity contribution in [2.24, 2.45) is 17.6 Å². The van der Waals surface area contributed by atoms with E-state index in [1.807, 2.05) is 19.2 Å². The maximum atomic E-state index is 7.81. The molecule has 110 valence electrons. The quantitative estimate of drug-likeness (QED) is 0.658. The summed E-state index contributed by atoms with van der Waals surface area (Å²) in [6, 6.07) is 1.93. The zero-order chi connectivity index (χ0) is 14.7. The molecule has 0 radical (unpaired) electrons. The number of aryl methyl sites for hydroxylation is 1. The standard InChI is InChI=1S/C16H26N4/c1-11(2)13-5-4-9-20(10-7-13)16-14(15(17)18)12(3)6-8-19-16/h6,8,11,13H,4-5,7,9-10H2,1-3H3,(H3,17,18). The van der Waals surface area contributed by atoms with Gasteiger partial charge in [0.2, 0.25) is 0 Å². The van der Waals surface area contributed by atoms with Gasteiger partial charge in [0.1, 0.15) is 11.7 Å². The van der Waals surface area contributed by atoms with Crippen molar-refractivity contribution in [2.45, 2.75) is 40.0 Å². The van der Waals surface area contributed by atoms with Crippen LogP contribution in [0, 0.1) is 24.2 Å². The van der Waals surface area contributed by atoms with Crippen LogP contribution in [0.25, 0.3) is 0 Å². The molecule has 2 heterocycles. The van der Waals surface area contributed by atoms with Gasteiger partial charge >= 0.3 is 0 Å². The predicted molar refractivity (Wildman–Crippen MR) is 84.4 cm³/mol. The van der Waals surface area contributed by atoms with Crippen molar-refractivity contribution in [3.8, 4) is 0 Å². The van der Waals surface area contributed by atoms with Crippen molar-refractivity contribution in [1.82, 2.24) is 4.98 Å². The topological polar surface area (TPSA) is 66.0 Å². The van der Waals surface area contributed by atoms with Crippen molar-refractivity contribution in [1.29, 1.82) is 5.41 Å². The smallest absolute Gasteiger partial charge is 0.139 e. The number of anilines is 1. The van der Waals surface area contributed by atoms with Crippen LogP contribution in [0.15, 0.2) is 12.3 Å². The highest BCUT2D eigenvalue weighted by Gasteiger charge is 2.22. The van der Waals surface area contributed by atoms with Crippen LogP contribution >= 0.6 is 0 Å².